The molecule has 1 aliphatic rings. The van der Waals surface area contributed by atoms with Crippen molar-refractivity contribution in [1.29, 1.82) is 0 Å². The van der Waals surface area contributed by atoms with Gasteiger partial charge >= 0.3 is 0 Å². The minimum atomic E-state index is -0.00252. The normalized spacial score (nSPS) is 17.0. The molecule has 1 saturated heterocycles. The van der Waals surface area contributed by atoms with Gasteiger partial charge < -0.3 is 9.64 Å². The number of likely N-dealkylation sites (tertiary alicyclic amines) is 1. The highest BCUT2D eigenvalue weighted by atomic mass is 16.5. The second kappa shape index (κ2) is 8.14. The van der Waals surface area contributed by atoms with Crippen LogP contribution in [0, 0.1) is 0 Å². The van der Waals surface area contributed by atoms with Gasteiger partial charge in [-0.3, -0.25) is 14.9 Å². The van der Waals surface area contributed by atoms with Crippen molar-refractivity contribution in [2.24, 2.45) is 0 Å². The maximum atomic E-state index is 13.1. The number of aromatic nitrogens is 3. The number of piperidine rings is 1. The SMILES string of the molecule is O=C(c1cn[nH]c1-c1ccccc1)N1CCC[C@H](OCc2cccnc2)C1. The number of nitrogens with one attached hydrogen (secondary N) is 1. The third-order valence-electron chi connectivity index (χ3n) is 4.81. The lowest BCUT2D eigenvalue weighted by Crippen LogP contribution is -2.43. The summed E-state index contributed by atoms with van der Waals surface area (Å²) < 4.78 is 6.02. The number of carbonyl (C=O) groups is 1. The smallest absolute Gasteiger partial charge is 0.257 e. The number of aromatic amines is 1. The average Bonchev–Trinajstić information content (AvgIpc) is 3.23. The van der Waals surface area contributed by atoms with Crippen LogP contribution in [0.2, 0.25) is 0 Å². The monoisotopic (exact) mass is 362 g/mol. The van der Waals surface area contributed by atoms with Crippen LogP contribution in [0.1, 0.15) is 28.8 Å². The second-order valence-electron chi connectivity index (χ2n) is 6.71. The third-order valence-corrected chi connectivity index (χ3v) is 4.81. The topological polar surface area (TPSA) is 71.1 Å². The van der Waals surface area contributed by atoms with Crippen molar-refractivity contribution in [3.05, 3.63) is 72.2 Å². The van der Waals surface area contributed by atoms with Gasteiger partial charge in [0.1, 0.15) is 0 Å². The van der Waals surface area contributed by atoms with Gasteiger partial charge in [0.05, 0.1) is 30.2 Å². The van der Waals surface area contributed by atoms with Gasteiger partial charge in [-0.1, -0.05) is 36.4 Å². The van der Waals surface area contributed by atoms with Crippen LogP contribution in [0.5, 0.6) is 0 Å². The fourth-order valence-corrected chi connectivity index (χ4v) is 3.40. The molecule has 6 nitrogen and oxygen atoms in total. The maximum Gasteiger partial charge on any atom is 0.257 e. The first kappa shape index (κ1) is 17.4. The molecule has 4 rings (SSSR count). The van der Waals surface area contributed by atoms with Gasteiger partial charge in [-0.2, -0.15) is 5.10 Å². The molecule has 1 fully saturated rings. The van der Waals surface area contributed by atoms with Crippen LogP contribution in [-0.2, 0) is 11.3 Å². The molecule has 0 radical (unpaired) electrons. The fourth-order valence-electron chi connectivity index (χ4n) is 3.40. The van der Waals surface area contributed by atoms with E-state index in [0.717, 1.165) is 36.2 Å². The molecule has 1 aliphatic heterocycles. The minimum absolute atomic E-state index is 0.00252. The van der Waals surface area contributed by atoms with E-state index in [1.54, 1.807) is 12.4 Å². The largest absolute Gasteiger partial charge is 0.372 e. The molecule has 0 spiro atoms. The molecule has 1 amide bonds. The van der Waals surface area contributed by atoms with E-state index in [0.29, 0.717) is 18.7 Å². The number of H-pyrrole nitrogens is 1. The average molecular weight is 362 g/mol. The number of pyridine rings is 1. The molecule has 0 unspecified atom stereocenters. The first-order chi connectivity index (χ1) is 13.3. The van der Waals surface area contributed by atoms with Crippen molar-refractivity contribution in [1.82, 2.24) is 20.1 Å². The molecule has 0 aliphatic carbocycles. The molecule has 2 aromatic heterocycles. The van der Waals surface area contributed by atoms with E-state index in [4.69, 9.17) is 4.74 Å². The lowest BCUT2D eigenvalue weighted by atomic mass is 10.0. The summed E-state index contributed by atoms with van der Waals surface area (Å²) in [6, 6.07) is 13.7. The Morgan fingerprint density at radius 1 is 1.19 bits per heavy atom. The molecule has 138 valence electrons. The Morgan fingerprint density at radius 3 is 2.89 bits per heavy atom. The van der Waals surface area contributed by atoms with Gasteiger partial charge in [0.15, 0.2) is 0 Å². The minimum Gasteiger partial charge on any atom is -0.372 e. The highest BCUT2D eigenvalue weighted by molar-refractivity contribution is 5.99. The number of nitrogens with zero attached hydrogens (tertiary/aromatic N) is 3. The highest BCUT2D eigenvalue weighted by Gasteiger charge is 2.27. The van der Waals surface area contributed by atoms with Gasteiger partial charge in [0.2, 0.25) is 0 Å². The Kier molecular flexibility index (Phi) is 5.25. The van der Waals surface area contributed by atoms with Crippen molar-refractivity contribution in [2.75, 3.05) is 13.1 Å². The van der Waals surface area contributed by atoms with E-state index < -0.39 is 0 Å². The van der Waals surface area contributed by atoms with Crippen molar-refractivity contribution < 1.29 is 9.53 Å². The summed E-state index contributed by atoms with van der Waals surface area (Å²) in [5, 5.41) is 7.06. The van der Waals surface area contributed by atoms with Crippen LogP contribution in [0.15, 0.2) is 61.1 Å². The second-order valence-corrected chi connectivity index (χ2v) is 6.71. The molecule has 3 aromatic rings. The third kappa shape index (κ3) is 4.06. The molecular formula is C21H22N4O2. The molecule has 3 heterocycles. The van der Waals surface area contributed by atoms with Crippen LogP contribution < -0.4 is 0 Å². The first-order valence-electron chi connectivity index (χ1n) is 9.20. The van der Waals surface area contributed by atoms with Crippen LogP contribution >= 0.6 is 0 Å². The van der Waals surface area contributed by atoms with Crippen LogP contribution in [0.3, 0.4) is 0 Å². The Balaban J connectivity index is 1.43. The van der Waals surface area contributed by atoms with Gasteiger partial charge in [-0.15, -0.1) is 0 Å². The van der Waals surface area contributed by atoms with E-state index >= 15 is 0 Å². The zero-order valence-electron chi connectivity index (χ0n) is 15.0. The van der Waals surface area contributed by atoms with E-state index in [9.17, 15) is 4.79 Å². The molecular weight excluding hydrogens is 340 g/mol. The lowest BCUT2D eigenvalue weighted by Gasteiger charge is -2.32. The molecule has 1 atom stereocenters. The van der Waals surface area contributed by atoms with Crippen molar-refractivity contribution in [3.63, 3.8) is 0 Å². The van der Waals surface area contributed by atoms with Gasteiger partial charge in [0.25, 0.3) is 5.91 Å². The quantitative estimate of drug-likeness (QED) is 0.756. The van der Waals surface area contributed by atoms with Gasteiger partial charge in [0, 0.05) is 31.0 Å². The molecule has 1 aromatic carbocycles. The number of hydrogen-bond donors (Lipinski definition) is 1. The lowest BCUT2D eigenvalue weighted by molar-refractivity contribution is -0.00679. The van der Waals surface area contributed by atoms with Crippen LogP contribution in [-0.4, -0.2) is 45.2 Å². The zero-order chi connectivity index (χ0) is 18.5. The summed E-state index contributed by atoms with van der Waals surface area (Å²) >= 11 is 0. The molecule has 27 heavy (non-hydrogen) atoms. The van der Waals surface area contributed by atoms with Gasteiger partial charge in [-0.05, 0) is 24.5 Å². The number of hydrogen-bond acceptors (Lipinski definition) is 4. The summed E-state index contributed by atoms with van der Waals surface area (Å²) in [6.07, 6.45) is 7.10. The maximum absolute atomic E-state index is 13.1. The van der Waals surface area contributed by atoms with Crippen molar-refractivity contribution in [2.45, 2.75) is 25.6 Å². The summed E-state index contributed by atoms with van der Waals surface area (Å²) in [6.45, 7) is 1.85. The summed E-state index contributed by atoms with van der Waals surface area (Å²) in [7, 11) is 0. The van der Waals surface area contributed by atoms with Crippen molar-refractivity contribution in [3.8, 4) is 11.3 Å². The van der Waals surface area contributed by atoms with E-state index in [-0.39, 0.29) is 12.0 Å². The number of ether oxygens (including phenoxy) is 1. The predicted octanol–water partition coefficient (Wildman–Crippen LogP) is 3.29. The summed E-state index contributed by atoms with van der Waals surface area (Å²) in [5.41, 5.74) is 3.37. The molecule has 0 bridgehead atoms. The highest BCUT2D eigenvalue weighted by Crippen LogP contribution is 2.24. The number of carbonyl (C=O) groups excluding carboxylic acids is 1. The number of benzene rings is 1. The van der Waals surface area contributed by atoms with Gasteiger partial charge in [-0.25, -0.2) is 0 Å². The Labute approximate surface area is 158 Å². The summed E-state index contributed by atoms with van der Waals surface area (Å²) in [5.74, 6) is -0.00252. The molecule has 6 heteroatoms. The van der Waals surface area contributed by atoms with Crippen molar-refractivity contribution >= 4 is 5.91 Å². The van der Waals surface area contributed by atoms with E-state index in [1.165, 1.54) is 0 Å². The van der Waals surface area contributed by atoms with Crippen LogP contribution in [0.25, 0.3) is 11.3 Å². The predicted molar refractivity (Wildman–Crippen MR) is 102 cm³/mol. The number of amides is 1. The molecule has 0 saturated carbocycles. The first-order valence-corrected chi connectivity index (χ1v) is 9.20. The van der Waals surface area contributed by atoms with E-state index in [1.807, 2.05) is 53.6 Å². The standard InChI is InChI=1S/C21H22N4O2/c26-21(19-13-23-24-20(19)17-7-2-1-3-8-17)25-11-5-9-18(14-25)27-15-16-6-4-10-22-12-16/h1-4,6-8,10,12-13,18H,5,9,11,14-15H2,(H,23,24)/t18-/m0/s1. The van der Waals surface area contributed by atoms with Crippen LogP contribution in [0.4, 0.5) is 0 Å². The fraction of sp³-hybridized carbons (Fsp3) is 0.286. The Morgan fingerprint density at radius 2 is 2.07 bits per heavy atom. The Hall–Kier alpha value is -2.99. The number of rotatable bonds is 5. The summed E-state index contributed by atoms with van der Waals surface area (Å²) in [4.78, 5) is 19.1. The zero-order valence-corrected chi connectivity index (χ0v) is 15.0. The van der Waals surface area contributed by atoms with E-state index in [2.05, 4.69) is 15.2 Å². The molecule has 1 N–H and O–H groups in total. The Bertz CT molecular complexity index is 879.